The molecule has 2 heterocycles. The van der Waals surface area contributed by atoms with Crippen LogP contribution in [-0.2, 0) is 4.79 Å². The van der Waals surface area contributed by atoms with Crippen molar-refractivity contribution in [1.29, 1.82) is 0 Å². The molecule has 2 rings (SSSR count). The highest BCUT2D eigenvalue weighted by Crippen LogP contribution is 2.28. The number of nitrogens with one attached hydrogen (secondary N) is 1. The van der Waals surface area contributed by atoms with Gasteiger partial charge in [0.05, 0.1) is 6.04 Å². The van der Waals surface area contributed by atoms with Gasteiger partial charge in [0.2, 0.25) is 5.91 Å². The Labute approximate surface area is 141 Å². The molecule has 0 aromatic carbocycles. The predicted molar refractivity (Wildman–Crippen MR) is 94.0 cm³/mol. The second-order valence-electron chi connectivity index (χ2n) is 4.72. The van der Waals surface area contributed by atoms with Crippen molar-refractivity contribution in [2.75, 3.05) is 6.54 Å². The van der Waals surface area contributed by atoms with Crippen molar-refractivity contribution in [2.24, 2.45) is 5.73 Å². The summed E-state index contributed by atoms with van der Waals surface area (Å²) in [5.74, 6) is -0.0617. The van der Waals surface area contributed by atoms with Crippen molar-refractivity contribution in [3.05, 3.63) is 29.5 Å². The summed E-state index contributed by atoms with van der Waals surface area (Å²) in [6.45, 7) is 6.17. The summed E-state index contributed by atoms with van der Waals surface area (Å²) in [5, 5.41) is 13.0. The van der Waals surface area contributed by atoms with Gasteiger partial charge >= 0.3 is 0 Å². The smallest absolute Gasteiger partial charge is 0.217 e. The number of amides is 1. The highest BCUT2D eigenvalue weighted by atomic mass is 32.1. The van der Waals surface area contributed by atoms with E-state index in [1.807, 2.05) is 26.0 Å². The number of rotatable bonds is 7. The van der Waals surface area contributed by atoms with Crippen LogP contribution in [0.4, 0.5) is 0 Å². The van der Waals surface area contributed by atoms with Crippen molar-refractivity contribution < 1.29 is 4.79 Å². The molecule has 2 aromatic heterocycles. The van der Waals surface area contributed by atoms with E-state index >= 15 is 0 Å². The van der Waals surface area contributed by atoms with Crippen LogP contribution in [0.5, 0.6) is 0 Å². The number of hydrogen-bond donors (Lipinski definition) is 2. The molecule has 0 radical (unpaired) electrons. The summed E-state index contributed by atoms with van der Waals surface area (Å²) in [6.07, 6.45) is 6.16. The molecule has 23 heavy (non-hydrogen) atoms. The molecule has 0 saturated heterocycles. The Hall–Kier alpha value is -1.86. The zero-order chi connectivity index (χ0) is 17.1. The van der Waals surface area contributed by atoms with E-state index in [1.165, 1.54) is 18.3 Å². The van der Waals surface area contributed by atoms with Gasteiger partial charge in [-0.3, -0.25) is 9.78 Å². The minimum absolute atomic E-state index is 0.0617. The van der Waals surface area contributed by atoms with E-state index in [1.54, 1.807) is 12.4 Å². The van der Waals surface area contributed by atoms with Crippen LogP contribution in [-0.4, -0.2) is 27.6 Å². The normalized spacial score (nSPS) is 11.3. The van der Waals surface area contributed by atoms with E-state index in [-0.39, 0.29) is 11.9 Å². The Bertz CT molecular complexity index is 573. The van der Waals surface area contributed by atoms with Gasteiger partial charge in [-0.2, -0.15) is 0 Å². The Morgan fingerprint density at radius 1 is 1.26 bits per heavy atom. The lowest BCUT2D eigenvalue weighted by Gasteiger charge is -2.14. The van der Waals surface area contributed by atoms with Crippen LogP contribution < -0.4 is 11.1 Å². The number of carbonyl (C=O) groups is 1. The molecule has 1 unspecified atom stereocenters. The number of pyridine rings is 1. The van der Waals surface area contributed by atoms with E-state index in [0.717, 1.165) is 34.8 Å². The first-order chi connectivity index (χ1) is 11.2. The first-order valence-electron chi connectivity index (χ1n) is 7.91. The average Bonchev–Trinajstić information content (AvgIpc) is 3.06. The lowest BCUT2D eigenvalue weighted by Crippen LogP contribution is -2.26. The molecule has 1 atom stereocenters. The number of nitrogens with zero attached hydrogens (tertiary/aromatic N) is 3. The third-order valence-electron chi connectivity index (χ3n) is 2.99. The van der Waals surface area contributed by atoms with Crippen molar-refractivity contribution in [3.8, 4) is 10.6 Å². The number of nitrogens with two attached hydrogens (primary N) is 1. The maximum Gasteiger partial charge on any atom is 0.217 e. The van der Waals surface area contributed by atoms with E-state index < -0.39 is 0 Å². The third-order valence-corrected chi connectivity index (χ3v) is 4.08. The van der Waals surface area contributed by atoms with Gasteiger partial charge in [0, 0.05) is 24.9 Å². The molecule has 0 fully saturated rings. The van der Waals surface area contributed by atoms with E-state index in [4.69, 9.17) is 5.73 Å². The summed E-state index contributed by atoms with van der Waals surface area (Å²) in [4.78, 5) is 15.3. The highest BCUT2D eigenvalue weighted by Gasteiger charge is 2.18. The van der Waals surface area contributed by atoms with Crippen LogP contribution >= 0.6 is 11.3 Å². The van der Waals surface area contributed by atoms with Gasteiger partial charge in [-0.1, -0.05) is 25.2 Å². The predicted octanol–water partition coefficient (Wildman–Crippen LogP) is 2.93. The van der Waals surface area contributed by atoms with E-state index in [9.17, 15) is 4.79 Å². The Kier molecular flexibility index (Phi) is 9.01. The molecule has 0 saturated carbocycles. The van der Waals surface area contributed by atoms with Gasteiger partial charge in [0.1, 0.15) is 10.0 Å². The molecule has 0 aliphatic heterocycles. The van der Waals surface area contributed by atoms with Crippen LogP contribution in [0.25, 0.3) is 10.6 Å². The third kappa shape index (κ3) is 6.42. The molecule has 6 nitrogen and oxygen atoms in total. The Balaban J connectivity index is 0.00000127. The first kappa shape index (κ1) is 19.2. The van der Waals surface area contributed by atoms with Crippen LogP contribution in [0.1, 0.15) is 51.1 Å². The lowest BCUT2D eigenvalue weighted by molar-refractivity contribution is -0.119. The van der Waals surface area contributed by atoms with Crippen molar-refractivity contribution in [3.63, 3.8) is 0 Å². The van der Waals surface area contributed by atoms with Gasteiger partial charge in [-0.15, -0.1) is 10.2 Å². The van der Waals surface area contributed by atoms with Gasteiger partial charge in [0.25, 0.3) is 0 Å². The van der Waals surface area contributed by atoms with Crippen molar-refractivity contribution in [1.82, 2.24) is 20.5 Å². The van der Waals surface area contributed by atoms with Gasteiger partial charge < -0.3 is 11.1 Å². The molecular formula is C16H25N5OS. The summed E-state index contributed by atoms with van der Waals surface area (Å²) in [6, 6.07) is 3.69. The van der Waals surface area contributed by atoms with Gasteiger partial charge in [-0.25, -0.2) is 0 Å². The molecule has 2 aromatic rings. The quantitative estimate of drug-likeness (QED) is 0.759. The minimum Gasteiger partial charge on any atom is -0.347 e. The fourth-order valence-corrected chi connectivity index (χ4v) is 2.92. The standard InChI is InChI=1S/C14H19N5OS.C2H6/c1-10(20)17-12(4-2-3-7-15)14-19-18-13(21-14)11-5-8-16-9-6-11;1-2/h5-6,8-9,12H,2-4,7,15H2,1H3,(H,17,20);1-2H3. The summed E-state index contributed by atoms with van der Waals surface area (Å²) in [5.41, 5.74) is 6.50. The lowest BCUT2D eigenvalue weighted by atomic mass is 10.1. The fraction of sp³-hybridized carbons (Fsp3) is 0.500. The highest BCUT2D eigenvalue weighted by molar-refractivity contribution is 7.14. The maximum atomic E-state index is 11.3. The molecule has 126 valence electrons. The SMILES string of the molecule is CC.CC(=O)NC(CCCCN)c1nnc(-c2ccncc2)s1. The molecule has 0 aliphatic carbocycles. The number of unbranched alkanes of at least 4 members (excludes halogenated alkanes) is 1. The molecule has 1 amide bonds. The summed E-state index contributed by atoms with van der Waals surface area (Å²) in [7, 11) is 0. The molecule has 7 heteroatoms. The molecule has 0 bridgehead atoms. The van der Waals surface area contributed by atoms with Crippen LogP contribution in [0.15, 0.2) is 24.5 Å². The van der Waals surface area contributed by atoms with Crippen LogP contribution in [0, 0.1) is 0 Å². The van der Waals surface area contributed by atoms with Gasteiger partial charge in [0.15, 0.2) is 0 Å². The zero-order valence-electron chi connectivity index (χ0n) is 14.0. The van der Waals surface area contributed by atoms with Crippen molar-refractivity contribution >= 4 is 17.2 Å². The summed E-state index contributed by atoms with van der Waals surface area (Å²) < 4.78 is 0. The largest absolute Gasteiger partial charge is 0.347 e. The monoisotopic (exact) mass is 335 g/mol. The molecule has 3 N–H and O–H groups in total. The number of aromatic nitrogens is 3. The topological polar surface area (TPSA) is 93.8 Å². The molecule has 0 spiro atoms. The van der Waals surface area contributed by atoms with Gasteiger partial charge in [-0.05, 0) is 37.9 Å². The van der Waals surface area contributed by atoms with E-state index in [0.29, 0.717) is 6.54 Å². The van der Waals surface area contributed by atoms with Crippen LogP contribution in [0.3, 0.4) is 0 Å². The average molecular weight is 335 g/mol. The summed E-state index contributed by atoms with van der Waals surface area (Å²) >= 11 is 1.50. The zero-order valence-corrected chi connectivity index (χ0v) is 14.8. The second-order valence-corrected chi connectivity index (χ2v) is 5.73. The molecule has 0 aliphatic rings. The number of carbonyl (C=O) groups excluding carboxylic acids is 1. The molecular weight excluding hydrogens is 310 g/mol. The Morgan fingerprint density at radius 2 is 1.96 bits per heavy atom. The Morgan fingerprint density at radius 3 is 2.57 bits per heavy atom. The van der Waals surface area contributed by atoms with E-state index in [2.05, 4.69) is 20.5 Å². The first-order valence-corrected chi connectivity index (χ1v) is 8.73. The minimum atomic E-state index is -0.0952. The fourth-order valence-electron chi connectivity index (χ4n) is 1.98. The van der Waals surface area contributed by atoms with Crippen LogP contribution in [0.2, 0.25) is 0 Å². The maximum absolute atomic E-state index is 11.3. The number of hydrogen-bond acceptors (Lipinski definition) is 6. The second kappa shape index (κ2) is 10.8. The van der Waals surface area contributed by atoms with Crippen molar-refractivity contribution in [2.45, 2.75) is 46.1 Å².